The van der Waals surface area contributed by atoms with E-state index in [1.54, 1.807) is 39.0 Å². The SMILES string of the molecule is CC(C)(C)OC(=O)NCCC(=O)Nc1ccc2oc(-c3ccccc3)nc2c1. The molecule has 0 unspecified atom stereocenters. The third-order valence-corrected chi connectivity index (χ3v) is 3.71. The lowest BCUT2D eigenvalue weighted by Crippen LogP contribution is -2.34. The van der Waals surface area contributed by atoms with E-state index in [1.165, 1.54) is 0 Å². The number of hydrogen-bond acceptors (Lipinski definition) is 5. The Morgan fingerprint density at radius 3 is 2.57 bits per heavy atom. The molecule has 1 aromatic heterocycles. The minimum atomic E-state index is -0.571. The molecule has 3 aromatic rings. The standard InChI is InChI=1S/C21H23N3O4/c1-21(2,3)28-20(26)22-12-11-18(25)23-15-9-10-17-16(13-15)24-19(27-17)14-7-5-4-6-8-14/h4-10,13H,11-12H2,1-3H3,(H,22,26)(H,23,25). The second-order valence-electron chi connectivity index (χ2n) is 7.29. The zero-order valence-electron chi connectivity index (χ0n) is 16.1. The number of nitrogens with one attached hydrogen (secondary N) is 2. The molecule has 0 saturated carbocycles. The summed E-state index contributed by atoms with van der Waals surface area (Å²) in [6.07, 6.45) is -0.413. The molecule has 0 aliphatic heterocycles. The molecule has 0 spiro atoms. The number of anilines is 1. The van der Waals surface area contributed by atoms with Gasteiger partial charge in [0.2, 0.25) is 11.8 Å². The molecule has 7 heteroatoms. The molecule has 0 saturated heterocycles. The third kappa shape index (κ3) is 5.33. The number of hydrogen-bond donors (Lipinski definition) is 2. The fourth-order valence-electron chi connectivity index (χ4n) is 2.53. The number of nitrogens with zero attached hydrogens (tertiary/aromatic N) is 1. The summed E-state index contributed by atoms with van der Waals surface area (Å²) in [6, 6.07) is 14.9. The Bertz CT molecular complexity index is 974. The Morgan fingerprint density at radius 2 is 1.86 bits per heavy atom. The number of fused-ring (bicyclic) bond motifs is 1. The van der Waals surface area contributed by atoms with E-state index in [2.05, 4.69) is 15.6 Å². The van der Waals surface area contributed by atoms with E-state index in [0.717, 1.165) is 5.56 Å². The number of rotatable bonds is 5. The van der Waals surface area contributed by atoms with Crippen molar-refractivity contribution in [1.29, 1.82) is 0 Å². The van der Waals surface area contributed by atoms with E-state index in [-0.39, 0.29) is 18.9 Å². The highest BCUT2D eigenvalue weighted by molar-refractivity contribution is 5.93. The summed E-state index contributed by atoms with van der Waals surface area (Å²) in [5, 5.41) is 5.35. The molecule has 0 radical (unpaired) electrons. The van der Waals surface area contributed by atoms with E-state index in [9.17, 15) is 9.59 Å². The quantitative estimate of drug-likeness (QED) is 0.685. The molecule has 3 rings (SSSR count). The lowest BCUT2D eigenvalue weighted by Gasteiger charge is -2.19. The Labute approximate surface area is 163 Å². The topological polar surface area (TPSA) is 93.5 Å². The van der Waals surface area contributed by atoms with Gasteiger partial charge in [-0.15, -0.1) is 0 Å². The largest absolute Gasteiger partial charge is 0.444 e. The molecule has 2 amide bonds. The van der Waals surface area contributed by atoms with Crippen LogP contribution in [0, 0.1) is 0 Å². The van der Waals surface area contributed by atoms with Crippen LogP contribution in [0.1, 0.15) is 27.2 Å². The summed E-state index contributed by atoms with van der Waals surface area (Å²) >= 11 is 0. The van der Waals surface area contributed by atoms with Crippen LogP contribution in [0.3, 0.4) is 0 Å². The van der Waals surface area contributed by atoms with Crippen molar-refractivity contribution < 1.29 is 18.7 Å². The average molecular weight is 381 g/mol. The molecule has 0 aliphatic rings. The first-order valence-corrected chi connectivity index (χ1v) is 9.03. The minimum Gasteiger partial charge on any atom is -0.444 e. The van der Waals surface area contributed by atoms with Crippen molar-refractivity contribution in [2.45, 2.75) is 32.8 Å². The monoisotopic (exact) mass is 381 g/mol. The highest BCUT2D eigenvalue weighted by atomic mass is 16.6. The summed E-state index contributed by atoms with van der Waals surface area (Å²) in [5.74, 6) is 0.308. The molecule has 2 N–H and O–H groups in total. The summed E-state index contributed by atoms with van der Waals surface area (Å²) < 4.78 is 10.9. The lowest BCUT2D eigenvalue weighted by molar-refractivity contribution is -0.116. The molecule has 0 atom stereocenters. The van der Waals surface area contributed by atoms with Gasteiger partial charge in [-0.2, -0.15) is 0 Å². The number of benzene rings is 2. The number of oxazole rings is 1. The molecule has 146 valence electrons. The van der Waals surface area contributed by atoms with Gasteiger partial charge < -0.3 is 19.8 Å². The third-order valence-electron chi connectivity index (χ3n) is 3.71. The molecule has 0 aliphatic carbocycles. The normalized spacial score (nSPS) is 11.2. The van der Waals surface area contributed by atoms with Crippen LogP contribution in [0.25, 0.3) is 22.6 Å². The molecular formula is C21H23N3O4. The van der Waals surface area contributed by atoms with Crippen LogP contribution in [-0.4, -0.2) is 29.1 Å². The first-order valence-electron chi connectivity index (χ1n) is 9.03. The smallest absolute Gasteiger partial charge is 0.407 e. The van der Waals surface area contributed by atoms with Crippen molar-refractivity contribution in [1.82, 2.24) is 10.3 Å². The van der Waals surface area contributed by atoms with Gasteiger partial charge in [0, 0.05) is 24.2 Å². The van der Waals surface area contributed by atoms with Gasteiger partial charge in [0.15, 0.2) is 5.58 Å². The van der Waals surface area contributed by atoms with Crippen LogP contribution in [0.5, 0.6) is 0 Å². The number of alkyl carbamates (subject to hydrolysis) is 1. The average Bonchev–Trinajstić information content (AvgIpc) is 3.04. The number of carbonyl (C=O) groups excluding carboxylic acids is 2. The highest BCUT2D eigenvalue weighted by Crippen LogP contribution is 2.26. The summed E-state index contributed by atoms with van der Waals surface area (Å²) in [6.45, 7) is 5.53. The zero-order valence-corrected chi connectivity index (χ0v) is 16.1. The fraction of sp³-hybridized carbons (Fsp3) is 0.286. The maximum Gasteiger partial charge on any atom is 0.407 e. The molecule has 28 heavy (non-hydrogen) atoms. The van der Waals surface area contributed by atoms with Gasteiger partial charge in [0.05, 0.1) is 0 Å². The Morgan fingerprint density at radius 1 is 1.11 bits per heavy atom. The van der Waals surface area contributed by atoms with Crippen molar-refractivity contribution in [2.24, 2.45) is 0 Å². The second kappa shape index (κ2) is 8.12. The van der Waals surface area contributed by atoms with Gasteiger partial charge in [-0.1, -0.05) is 18.2 Å². The first kappa shape index (κ1) is 19.4. The van der Waals surface area contributed by atoms with Gasteiger partial charge in [0.25, 0.3) is 0 Å². The summed E-state index contributed by atoms with van der Waals surface area (Å²) in [5.41, 5.74) is 2.23. The van der Waals surface area contributed by atoms with Crippen molar-refractivity contribution in [3.8, 4) is 11.5 Å². The van der Waals surface area contributed by atoms with Crippen LogP contribution < -0.4 is 10.6 Å². The molecule has 0 fully saturated rings. The van der Waals surface area contributed by atoms with Crippen LogP contribution in [0.2, 0.25) is 0 Å². The Kier molecular flexibility index (Phi) is 5.63. The van der Waals surface area contributed by atoms with Crippen molar-refractivity contribution in [3.05, 3.63) is 48.5 Å². The van der Waals surface area contributed by atoms with Crippen LogP contribution in [-0.2, 0) is 9.53 Å². The number of aromatic nitrogens is 1. The highest BCUT2D eigenvalue weighted by Gasteiger charge is 2.16. The molecule has 0 bridgehead atoms. The predicted octanol–water partition coefficient (Wildman–Crippen LogP) is 4.35. The summed E-state index contributed by atoms with van der Waals surface area (Å²) in [4.78, 5) is 28.2. The van der Waals surface area contributed by atoms with Gasteiger partial charge in [-0.05, 0) is 51.1 Å². The zero-order chi connectivity index (χ0) is 20.1. The van der Waals surface area contributed by atoms with E-state index in [1.807, 2.05) is 30.3 Å². The Hall–Kier alpha value is -3.35. The molecule has 2 aromatic carbocycles. The van der Waals surface area contributed by atoms with Crippen LogP contribution >= 0.6 is 0 Å². The van der Waals surface area contributed by atoms with Gasteiger partial charge in [-0.3, -0.25) is 4.79 Å². The lowest BCUT2D eigenvalue weighted by atomic mass is 10.2. The minimum absolute atomic E-state index is 0.130. The van der Waals surface area contributed by atoms with E-state index < -0.39 is 11.7 Å². The van der Waals surface area contributed by atoms with Crippen LogP contribution in [0.4, 0.5) is 10.5 Å². The fourth-order valence-corrected chi connectivity index (χ4v) is 2.53. The number of ether oxygens (including phenoxy) is 1. The molecule has 1 heterocycles. The van der Waals surface area contributed by atoms with Crippen molar-refractivity contribution >= 4 is 28.8 Å². The predicted molar refractivity (Wildman–Crippen MR) is 107 cm³/mol. The first-order chi connectivity index (χ1) is 13.3. The van der Waals surface area contributed by atoms with Crippen molar-refractivity contribution in [2.75, 3.05) is 11.9 Å². The van der Waals surface area contributed by atoms with Crippen LogP contribution in [0.15, 0.2) is 52.9 Å². The van der Waals surface area contributed by atoms with Gasteiger partial charge in [-0.25, -0.2) is 9.78 Å². The Balaban J connectivity index is 1.57. The van der Waals surface area contributed by atoms with E-state index in [0.29, 0.717) is 22.7 Å². The van der Waals surface area contributed by atoms with E-state index >= 15 is 0 Å². The molecule has 7 nitrogen and oxygen atoms in total. The number of amides is 2. The van der Waals surface area contributed by atoms with Crippen molar-refractivity contribution in [3.63, 3.8) is 0 Å². The van der Waals surface area contributed by atoms with Gasteiger partial charge >= 0.3 is 6.09 Å². The maximum atomic E-state index is 12.1. The maximum absolute atomic E-state index is 12.1. The van der Waals surface area contributed by atoms with E-state index in [4.69, 9.17) is 9.15 Å². The second-order valence-corrected chi connectivity index (χ2v) is 7.29. The van der Waals surface area contributed by atoms with Gasteiger partial charge in [0.1, 0.15) is 11.1 Å². The summed E-state index contributed by atoms with van der Waals surface area (Å²) in [7, 11) is 0. The number of carbonyl (C=O) groups is 2. The molecular weight excluding hydrogens is 358 g/mol.